The molecule has 2 bridgehead atoms. The van der Waals surface area contributed by atoms with Crippen molar-refractivity contribution in [2.24, 2.45) is 0 Å². The van der Waals surface area contributed by atoms with Crippen molar-refractivity contribution in [3.05, 3.63) is 40.9 Å². The molecule has 5 rings (SSSR count). The second kappa shape index (κ2) is 9.47. The van der Waals surface area contributed by atoms with Crippen molar-refractivity contribution in [1.29, 1.82) is 5.26 Å². The predicted octanol–water partition coefficient (Wildman–Crippen LogP) is 2.29. The van der Waals surface area contributed by atoms with E-state index in [0.717, 1.165) is 5.56 Å². The number of hydrogen-bond donors (Lipinski definition) is 2. The lowest BCUT2D eigenvalue weighted by atomic mass is 10.0. The molecule has 170 valence electrons. The quantitative estimate of drug-likeness (QED) is 0.660. The number of carbonyl (C=O) groups is 2. The van der Waals surface area contributed by atoms with Crippen molar-refractivity contribution < 1.29 is 18.7 Å². The van der Waals surface area contributed by atoms with Crippen LogP contribution in [0.2, 0.25) is 5.02 Å². The maximum Gasteiger partial charge on any atom is 0.244 e. The van der Waals surface area contributed by atoms with Crippen molar-refractivity contribution in [2.75, 3.05) is 19.7 Å². The lowest BCUT2D eigenvalue weighted by Crippen LogP contribution is -2.55. The molecule has 9 heteroatoms. The van der Waals surface area contributed by atoms with Gasteiger partial charge in [-0.2, -0.15) is 5.26 Å². The molecule has 3 aliphatic heterocycles. The number of nitrogens with zero attached hydrogens (tertiary/aromatic N) is 2. The first kappa shape index (κ1) is 22.6. The summed E-state index contributed by atoms with van der Waals surface area (Å²) in [6, 6.07) is 5.80. The molecule has 0 radical (unpaired) electrons. The van der Waals surface area contributed by atoms with Crippen LogP contribution in [0.15, 0.2) is 30.4 Å². The molecule has 2 amide bonds. The van der Waals surface area contributed by atoms with Gasteiger partial charge in [0, 0.05) is 25.9 Å². The number of nitriles is 1. The standard InChI is InChI=1S/C23H26ClFN4O3/c24-17-10-15-4-5-20(17)32-9-3-1-2-8-29-13-16(25)12-19(29)22(31)27-18(11-15)21(30)28-23(14-26)6-7-23/h1,3-5,10,16,18-19H,2,6-9,11-13H2,(H,27,31)(H,28,30)/b3-1-/t16-,18-,19?/m0/s1. The Morgan fingerprint density at radius 3 is 2.91 bits per heavy atom. The third kappa shape index (κ3) is 5.22. The number of alkyl halides is 1. The Morgan fingerprint density at radius 1 is 1.38 bits per heavy atom. The minimum absolute atomic E-state index is 0.0929. The molecule has 1 aromatic rings. The van der Waals surface area contributed by atoms with Gasteiger partial charge in [-0.3, -0.25) is 14.5 Å². The largest absolute Gasteiger partial charge is 0.488 e. The lowest BCUT2D eigenvalue weighted by molar-refractivity contribution is -0.131. The molecule has 1 saturated heterocycles. The maximum absolute atomic E-state index is 14.1. The van der Waals surface area contributed by atoms with Gasteiger partial charge in [0.1, 0.15) is 30.1 Å². The van der Waals surface area contributed by atoms with Crippen LogP contribution >= 0.6 is 11.6 Å². The average molecular weight is 461 g/mol. The smallest absolute Gasteiger partial charge is 0.244 e. The summed E-state index contributed by atoms with van der Waals surface area (Å²) in [6.07, 6.45) is 4.80. The minimum atomic E-state index is -1.09. The van der Waals surface area contributed by atoms with E-state index < -0.39 is 29.7 Å². The van der Waals surface area contributed by atoms with Crippen LogP contribution in [0.4, 0.5) is 4.39 Å². The van der Waals surface area contributed by atoms with Crippen molar-refractivity contribution in [2.45, 2.75) is 55.9 Å². The highest BCUT2D eigenvalue weighted by atomic mass is 35.5. The average Bonchev–Trinajstić information content (AvgIpc) is 3.43. The van der Waals surface area contributed by atoms with Crippen molar-refractivity contribution >= 4 is 23.4 Å². The summed E-state index contributed by atoms with van der Waals surface area (Å²) < 4.78 is 19.8. The highest BCUT2D eigenvalue weighted by Crippen LogP contribution is 2.34. The number of amides is 2. The summed E-state index contributed by atoms with van der Waals surface area (Å²) in [5, 5.41) is 15.3. The Hall–Kier alpha value is -2.63. The third-order valence-corrected chi connectivity index (χ3v) is 6.43. The number of halogens is 2. The summed E-state index contributed by atoms with van der Waals surface area (Å²) >= 11 is 6.35. The Bertz CT molecular complexity index is 959. The van der Waals surface area contributed by atoms with E-state index in [1.807, 2.05) is 17.1 Å². The van der Waals surface area contributed by atoms with Crippen LogP contribution in [0.25, 0.3) is 0 Å². The fourth-order valence-electron chi connectivity index (χ4n) is 4.15. The third-order valence-electron chi connectivity index (χ3n) is 6.14. The Kier molecular flexibility index (Phi) is 6.68. The summed E-state index contributed by atoms with van der Waals surface area (Å²) in [6.45, 7) is 1.06. The van der Waals surface area contributed by atoms with Gasteiger partial charge in [-0.15, -0.1) is 0 Å². The first-order valence-electron chi connectivity index (χ1n) is 10.9. The zero-order valence-corrected chi connectivity index (χ0v) is 18.4. The molecule has 1 aliphatic carbocycles. The van der Waals surface area contributed by atoms with Crippen LogP contribution in [0.1, 0.15) is 31.2 Å². The van der Waals surface area contributed by atoms with Crippen molar-refractivity contribution in [3.63, 3.8) is 0 Å². The van der Waals surface area contributed by atoms with Gasteiger partial charge in [0.2, 0.25) is 11.8 Å². The molecular weight excluding hydrogens is 435 g/mol. The van der Waals surface area contributed by atoms with Crippen molar-refractivity contribution in [1.82, 2.24) is 15.5 Å². The summed E-state index contributed by atoms with van der Waals surface area (Å²) in [4.78, 5) is 27.9. The fourth-order valence-corrected chi connectivity index (χ4v) is 4.40. The van der Waals surface area contributed by atoms with Crippen LogP contribution in [0.3, 0.4) is 0 Å². The van der Waals surface area contributed by atoms with Gasteiger partial charge in [-0.1, -0.05) is 29.8 Å². The molecule has 7 nitrogen and oxygen atoms in total. The van der Waals surface area contributed by atoms with Gasteiger partial charge in [0.15, 0.2) is 0 Å². The molecule has 2 N–H and O–H groups in total. The van der Waals surface area contributed by atoms with Crippen LogP contribution in [0, 0.1) is 11.3 Å². The van der Waals surface area contributed by atoms with E-state index in [0.29, 0.717) is 43.2 Å². The molecule has 1 unspecified atom stereocenters. The Labute approximate surface area is 191 Å². The van der Waals surface area contributed by atoms with E-state index in [2.05, 4.69) is 16.7 Å². The van der Waals surface area contributed by atoms with Gasteiger partial charge in [0.05, 0.1) is 17.1 Å². The topological polar surface area (TPSA) is 94.5 Å². The van der Waals surface area contributed by atoms with Gasteiger partial charge >= 0.3 is 0 Å². The van der Waals surface area contributed by atoms with Crippen LogP contribution in [-0.2, 0) is 16.0 Å². The van der Waals surface area contributed by atoms with Crippen molar-refractivity contribution in [3.8, 4) is 11.8 Å². The molecule has 0 aromatic heterocycles. The van der Waals surface area contributed by atoms with Crippen LogP contribution < -0.4 is 15.4 Å². The second-order valence-corrected chi connectivity index (χ2v) is 9.04. The highest BCUT2D eigenvalue weighted by Gasteiger charge is 2.46. The van der Waals surface area contributed by atoms with E-state index in [9.17, 15) is 19.2 Å². The monoisotopic (exact) mass is 460 g/mol. The number of ether oxygens (including phenoxy) is 1. The molecule has 0 spiro atoms. The molecular formula is C23H26ClFN4O3. The second-order valence-electron chi connectivity index (χ2n) is 8.63. The summed E-state index contributed by atoms with van der Waals surface area (Å²) in [7, 11) is 0. The van der Waals surface area contributed by atoms with E-state index in [-0.39, 0.29) is 25.3 Å². The van der Waals surface area contributed by atoms with Crippen LogP contribution in [-0.4, -0.2) is 60.2 Å². The lowest BCUT2D eigenvalue weighted by Gasteiger charge is -2.26. The molecule has 32 heavy (non-hydrogen) atoms. The maximum atomic E-state index is 14.1. The van der Waals surface area contributed by atoms with E-state index in [1.165, 1.54) is 0 Å². The number of carbonyl (C=O) groups excluding carboxylic acids is 2. The number of hydrogen-bond acceptors (Lipinski definition) is 5. The zero-order chi connectivity index (χ0) is 22.7. The summed E-state index contributed by atoms with van der Waals surface area (Å²) in [5.41, 5.74) is -0.124. The molecule has 1 aromatic carbocycles. The van der Waals surface area contributed by atoms with Gasteiger partial charge in [-0.25, -0.2) is 4.39 Å². The van der Waals surface area contributed by atoms with Gasteiger partial charge < -0.3 is 15.4 Å². The Balaban J connectivity index is 1.60. The SMILES string of the molecule is N#CC1(NC(=O)[C@@H]2Cc3ccc(c(Cl)c3)OC/C=C\CCN3C[C@@H](F)CC3C(=O)N2)CC1. The number of fused-ring (bicyclic) bond motifs is 9. The first-order chi connectivity index (χ1) is 15.4. The Morgan fingerprint density at radius 2 is 2.19 bits per heavy atom. The van der Waals surface area contributed by atoms with Crippen LogP contribution in [0.5, 0.6) is 5.75 Å². The molecule has 3 heterocycles. The zero-order valence-electron chi connectivity index (χ0n) is 17.7. The van der Waals surface area contributed by atoms with E-state index in [1.54, 1.807) is 18.2 Å². The van der Waals surface area contributed by atoms with Gasteiger partial charge in [0.25, 0.3) is 0 Å². The summed E-state index contributed by atoms with van der Waals surface area (Å²) in [5.74, 6) is -0.285. The minimum Gasteiger partial charge on any atom is -0.488 e. The molecule has 2 fully saturated rings. The number of nitrogens with one attached hydrogen (secondary N) is 2. The van der Waals surface area contributed by atoms with E-state index in [4.69, 9.17) is 16.3 Å². The molecule has 3 atom stereocenters. The highest BCUT2D eigenvalue weighted by molar-refractivity contribution is 6.32. The molecule has 1 saturated carbocycles. The first-order valence-corrected chi connectivity index (χ1v) is 11.2. The van der Waals surface area contributed by atoms with Gasteiger partial charge in [-0.05, 0) is 37.0 Å². The van der Waals surface area contributed by atoms with E-state index >= 15 is 0 Å². The molecule has 4 aliphatic rings. The predicted molar refractivity (Wildman–Crippen MR) is 117 cm³/mol. The number of benzene rings is 1. The number of rotatable bonds is 2. The fraction of sp³-hybridized carbons (Fsp3) is 0.522. The normalized spacial score (nSPS) is 28.7.